The number of H-pyrrole nitrogens is 1. The second-order valence-corrected chi connectivity index (χ2v) is 5.15. The van der Waals surface area contributed by atoms with Crippen molar-refractivity contribution in [2.24, 2.45) is 0 Å². The summed E-state index contributed by atoms with van der Waals surface area (Å²) in [5.74, 6) is -0.448. The number of carbonyl (C=O) groups excluding carboxylic acids is 1. The number of carbonyl (C=O) groups is 1. The molecule has 0 aliphatic heterocycles. The Morgan fingerprint density at radius 2 is 1.83 bits per heavy atom. The van der Waals surface area contributed by atoms with Crippen molar-refractivity contribution in [2.45, 2.75) is 0 Å². The van der Waals surface area contributed by atoms with Crippen molar-refractivity contribution < 1.29 is 15.0 Å². The molecule has 2 aromatic carbocycles. The van der Waals surface area contributed by atoms with Gasteiger partial charge in [0.25, 0.3) is 5.91 Å². The Hall–Kier alpha value is -3.54. The third kappa shape index (κ3) is 3.12. The van der Waals surface area contributed by atoms with E-state index in [-0.39, 0.29) is 28.1 Å². The molecule has 0 radical (unpaired) electrons. The van der Waals surface area contributed by atoms with Gasteiger partial charge in [-0.1, -0.05) is 18.2 Å². The topological polar surface area (TPSA) is 102 Å². The summed E-state index contributed by atoms with van der Waals surface area (Å²) in [6.07, 6.45) is 3.08. The first kappa shape index (κ1) is 15.4. The average Bonchev–Trinajstić information content (AvgIpc) is 2.57. The molecule has 0 fully saturated rings. The van der Waals surface area contributed by atoms with E-state index in [1.807, 2.05) is 0 Å². The highest BCUT2D eigenvalue weighted by molar-refractivity contribution is 5.96. The van der Waals surface area contributed by atoms with Crippen LogP contribution in [0.3, 0.4) is 0 Å². The van der Waals surface area contributed by atoms with Gasteiger partial charge in [-0.2, -0.15) is 0 Å². The van der Waals surface area contributed by atoms with Crippen LogP contribution in [0.15, 0.2) is 59.5 Å². The lowest BCUT2D eigenvalue weighted by Gasteiger charge is -2.05. The number of fused-ring (bicyclic) bond motifs is 1. The molecule has 0 unspecified atom stereocenters. The molecule has 3 aromatic rings. The molecule has 1 aromatic heterocycles. The van der Waals surface area contributed by atoms with Gasteiger partial charge in [-0.05, 0) is 35.9 Å². The maximum Gasteiger partial charge on any atom is 0.271 e. The predicted octanol–water partition coefficient (Wildman–Crippen LogP) is 2.34. The average molecular weight is 322 g/mol. The molecule has 1 heterocycles. The van der Waals surface area contributed by atoms with Crippen molar-refractivity contribution in [1.82, 2.24) is 10.3 Å². The number of para-hydroxylation sites is 1. The van der Waals surface area contributed by atoms with Crippen LogP contribution in [0, 0.1) is 0 Å². The molecule has 0 bridgehead atoms. The lowest BCUT2D eigenvalue weighted by Crippen LogP contribution is -2.20. The maximum absolute atomic E-state index is 12.1. The molecule has 3 rings (SSSR count). The minimum atomic E-state index is -0.507. The van der Waals surface area contributed by atoms with E-state index in [1.54, 1.807) is 30.3 Å². The van der Waals surface area contributed by atoms with Crippen molar-refractivity contribution in [3.8, 4) is 11.5 Å². The number of phenols is 2. The Balaban J connectivity index is 1.82. The number of aromatic nitrogens is 1. The van der Waals surface area contributed by atoms with E-state index in [1.165, 1.54) is 30.5 Å². The minimum Gasteiger partial charge on any atom is -0.508 e. The zero-order chi connectivity index (χ0) is 17.1. The molecular formula is C18H14N2O4. The summed E-state index contributed by atoms with van der Waals surface area (Å²) in [5.41, 5.74) is 0.701. The summed E-state index contributed by atoms with van der Waals surface area (Å²) >= 11 is 0. The molecule has 0 atom stereocenters. The first-order valence-electron chi connectivity index (χ1n) is 7.16. The SMILES string of the molecule is O=C(N/C=C\c1ccc(O)cc1)c1cc(=O)c2cccc(O)c2[nH]1. The van der Waals surface area contributed by atoms with Crippen LogP contribution in [0.5, 0.6) is 11.5 Å². The van der Waals surface area contributed by atoms with Gasteiger partial charge in [0, 0.05) is 17.7 Å². The molecular weight excluding hydrogens is 308 g/mol. The van der Waals surface area contributed by atoms with Gasteiger partial charge in [0.2, 0.25) is 0 Å². The predicted molar refractivity (Wildman–Crippen MR) is 90.8 cm³/mol. The number of nitrogens with one attached hydrogen (secondary N) is 2. The van der Waals surface area contributed by atoms with Gasteiger partial charge in [0.05, 0.1) is 5.52 Å². The van der Waals surface area contributed by atoms with Crippen LogP contribution in [0.4, 0.5) is 0 Å². The normalized spacial score (nSPS) is 11.0. The highest BCUT2D eigenvalue weighted by Gasteiger charge is 2.10. The first-order valence-corrected chi connectivity index (χ1v) is 7.16. The van der Waals surface area contributed by atoms with Crippen molar-refractivity contribution >= 4 is 22.9 Å². The highest BCUT2D eigenvalue weighted by atomic mass is 16.3. The second kappa shape index (κ2) is 6.29. The zero-order valence-electron chi connectivity index (χ0n) is 12.5. The Bertz CT molecular complexity index is 988. The van der Waals surface area contributed by atoms with Crippen LogP contribution in [0.1, 0.15) is 16.1 Å². The van der Waals surface area contributed by atoms with Gasteiger partial charge < -0.3 is 20.5 Å². The second-order valence-electron chi connectivity index (χ2n) is 5.15. The fraction of sp³-hybridized carbons (Fsp3) is 0. The molecule has 0 aliphatic carbocycles. The zero-order valence-corrected chi connectivity index (χ0v) is 12.5. The summed E-state index contributed by atoms with van der Waals surface area (Å²) in [6, 6.07) is 12.2. The van der Waals surface area contributed by atoms with E-state index in [0.717, 1.165) is 5.56 Å². The standard InChI is InChI=1S/C18H14N2O4/c21-12-6-4-11(5-7-12)8-9-19-18(24)14-10-16(23)13-2-1-3-15(22)17(13)20-14/h1-10,21-22H,(H,19,24)(H,20,23)/b9-8-. The fourth-order valence-corrected chi connectivity index (χ4v) is 2.26. The number of phenolic OH excluding ortho intramolecular Hbond substituents is 2. The number of aromatic hydroxyl groups is 2. The molecule has 0 aliphatic rings. The Morgan fingerprint density at radius 1 is 1.08 bits per heavy atom. The third-order valence-corrected chi connectivity index (χ3v) is 3.47. The number of benzene rings is 2. The number of hydrogen-bond donors (Lipinski definition) is 4. The molecule has 0 saturated heterocycles. The number of pyridine rings is 1. The summed E-state index contributed by atoms with van der Waals surface area (Å²) in [7, 11) is 0. The number of amides is 1. The van der Waals surface area contributed by atoms with E-state index < -0.39 is 5.91 Å². The van der Waals surface area contributed by atoms with E-state index in [0.29, 0.717) is 5.39 Å². The largest absolute Gasteiger partial charge is 0.508 e. The van der Waals surface area contributed by atoms with Crippen molar-refractivity contribution in [2.75, 3.05) is 0 Å². The van der Waals surface area contributed by atoms with Gasteiger partial charge in [0.1, 0.15) is 17.2 Å². The van der Waals surface area contributed by atoms with Crippen LogP contribution in [0.2, 0.25) is 0 Å². The Labute approximate surface area is 136 Å². The maximum atomic E-state index is 12.1. The van der Waals surface area contributed by atoms with Gasteiger partial charge in [-0.3, -0.25) is 9.59 Å². The van der Waals surface area contributed by atoms with Crippen LogP contribution in [-0.4, -0.2) is 21.1 Å². The van der Waals surface area contributed by atoms with E-state index in [2.05, 4.69) is 10.3 Å². The van der Waals surface area contributed by atoms with Gasteiger partial charge in [-0.25, -0.2) is 0 Å². The number of hydrogen-bond acceptors (Lipinski definition) is 4. The van der Waals surface area contributed by atoms with E-state index in [9.17, 15) is 19.8 Å². The monoisotopic (exact) mass is 322 g/mol. The molecule has 0 saturated carbocycles. The van der Waals surface area contributed by atoms with Crippen LogP contribution < -0.4 is 10.7 Å². The van der Waals surface area contributed by atoms with Crippen LogP contribution >= 0.6 is 0 Å². The van der Waals surface area contributed by atoms with Gasteiger partial charge in [-0.15, -0.1) is 0 Å². The van der Waals surface area contributed by atoms with Crippen molar-refractivity contribution in [3.05, 3.63) is 76.2 Å². The quantitative estimate of drug-likeness (QED) is 0.594. The molecule has 4 N–H and O–H groups in total. The minimum absolute atomic E-state index is 0.0457. The fourth-order valence-electron chi connectivity index (χ4n) is 2.26. The molecule has 1 amide bonds. The number of rotatable bonds is 3. The lowest BCUT2D eigenvalue weighted by atomic mass is 10.1. The Kier molecular flexibility index (Phi) is 4.03. The molecule has 0 spiro atoms. The molecule has 24 heavy (non-hydrogen) atoms. The van der Waals surface area contributed by atoms with Crippen LogP contribution in [-0.2, 0) is 0 Å². The number of aromatic amines is 1. The summed E-state index contributed by atoms with van der Waals surface area (Å²) in [5, 5.41) is 21.9. The highest BCUT2D eigenvalue weighted by Crippen LogP contribution is 2.19. The first-order chi connectivity index (χ1) is 11.5. The third-order valence-electron chi connectivity index (χ3n) is 3.47. The molecule has 6 heteroatoms. The van der Waals surface area contributed by atoms with E-state index >= 15 is 0 Å². The molecule has 6 nitrogen and oxygen atoms in total. The summed E-state index contributed by atoms with van der Waals surface area (Å²) in [4.78, 5) is 26.9. The molecule has 120 valence electrons. The van der Waals surface area contributed by atoms with Crippen molar-refractivity contribution in [1.29, 1.82) is 0 Å². The lowest BCUT2D eigenvalue weighted by molar-refractivity contribution is 0.0966. The summed E-state index contributed by atoms with van der Waals surface area (Å²) < 4.78 is 0. The smallest absolute Gasteiger partial charge is 0.271 e. The summed E-state index contributed by atoms with van der Waals surface area (Å²) in [6.45, 7) is 0. The van der Waals surface area contributed by atoms with Gasteiger partial charge in [0.15, 0.2) is 5.43 Å². The van der Waals surface area contributed by atoms with Gasteiger partial charge >= 0.3 is 0 Å². The Morgan fingerprint density at radius 3 is 2.58 bits per heavy atom. The van der Waals surface area contributed by atoms with E-state index in [4.69, 9.17) is 0 Å². The van der Waals surface area contributed by atoms with Crippen LogP contribution in [0.25, 0.3) is 17.0 Å². The van der Waals surface area contributed by atoms with Crippen molar-refractivity contribution in [3.63, 3.8) is 0 Å².